The third-order valence-electron chi connectivity index (χ3n) is 5.07. The number of sulfonamides is 1. The van der Waals surface area contributed by atoms with Crippen LogP contribution in [0.3, 0.4) is 0 Å². The van der Waals surface area contributed by atoms with E-state index in [0.717, 1.165) is 21.7 Å². The van der Waals surface area contributed by atoms with Crippen LogP contribution in [0.4, 0.5) is 0 Å². The van der Waals surface area contributed by atoms with Crippen LogP contribution in [0, 0.1) is 6.92 Å². The van der Waals surface area contributed by atoms with Gasteiger partial charge < -0.3 is 4.57 Å². The van der Waals surface area contributed by atoms with Crippen molar-refractivity contribution in [2.45, 2.75) is 35.9 Å². The average Bonchev–Trinajstić information content (AvgIpc) is 3.18. The van der Waals surface area contributed by atoms with Crippen LogP contribution in [0.1, 0.15) is 35.5 Å². The van der Waals surface area contributed by atoms with E-state index in [1.165, 1.54) is 24.2 Å². The number of aryl methyl sites for hydroxylation is 1. The van der Waals surface area contributed by atoms with Gasteiger partial charge in [-0.15, -0.1) is 11.3 Å². The van der Waals surface area contributed by atoms with Crippen molar-refractivity contribution in [3.63, 3.8) is 0 Å². The minimum atomic E-state index is -3.36. The first-order valence-corrected chi connectivity index (χ1v) is 10.8. The topological polar surface area (TPSA) is 55.2 Å². The van der Waals surface area contributed by atoms with Crippen LogP contribution in [0.5, 0.6) is 0 Å². The zero-order chi connectivity index (χ0) is 17.2. The first kappa shape index (κ1) is 15.5. The van der Waals surface area contributed by atoms with Crippen LogP contribution in [0.2, 0.25) is 0 Å². The zero-order valence-electron chi connectivity index (χ0n) is 13.9. The molecule has 3 aromatic rings. The SMILES string of the molecule is Cc1ccc(S(=O)(=O)N2CC(n3c(C4CC4)nc4ccccc43)C2)s1. The molecule has 0 unspecified atom stereocenters. The van der Waals surface area contributed by atoms with Gasteiger partial charge in [0.05, 0.1) is 17.1 Å². The fourth-order valence-electron chi connectivity index (χ4n) is 3.53. The van der Waals surface area contributed by atoms with Gasteiger partial charge in [0.15, 0.2) is 0 Å². The Labute approximate surface area is 151 Å². The normalized spacial score (nSPS) is 19.4. The molecule has 1 aromatic carbocycles. The summed E-state index contributed by atoms with van der Waals surface area (Å²) in [6.07, 6.45) is 2.37. The van der Waals surface area contributed by atoms with E-state index in [9.17, 15) is 8.42 Å². The van der Waals surface area contributed by atoms with E-state index in [-0.39, 0.29) is 6.04 Å². The summed E-state index contributed by atoms with van der Waals surface area (Å²) in [5.74, 6) is 1.67. The predicted octanol–water partition coefficient (Wildman–Crippen LogP) is 3.53. The van der Waals surface area contributed by atoms with Gasteiger partial charge in [0.1, 0.15) is 10.0 Å². The van der Waals surface area contributed by atoms with Crippen molar-refractivity contribution >= 4 is 32.4 Å². The second kappa shape index (κ2) is 5.40. The highest BCUT2D eigenvalue weighted by atomic mass is 32.2. The number of aromatic nitrogens is 2. The molecule has 7 heteroatoms. The van der Waals surface area contributed by atoms with E-state index in [4.69, 9.17) is 4.98 Å². The van der Waals surface area contributed by atoms with Crippen LogP contribution in [-0.4, -0.2) is 35.4 Å². The van der Waals surface area contributed by atoms with E-state index >= 15 is 0 Å². The molecule has 1 aliphatic heterocycles. The van der Waals surface area contributed by atoms with Gasteiger partial charge in [0, 0.05) is 23.9 Å². The van der Waals surface area contributed by atoms with Crippen molar-refractivity contribution in [2.75, 3.05) is 13.1 Å². The number of rotatable bonds is 4. The van der Waals surface area contributed by atoms with Crippen LogP contribution in [0.25, 0.3) is 11.0 Å². The molecule has 2 fully saturated rings. The Balaban J connectivity index is 1.46. The van der Waals surface area contributed by atoms with Gasteiger partial charge in [-0.2, -0.15) is 4.31 Å². The molecule has 0 N–H and O–H groups in total. The molecular formula is C18H19N3O2S2. The van der Waals surface area contributed by atoms with Crippen LogP contribution in [0.15, 0.2) is 40.6 Å². The van der Waals surface area contributed by atoms with E-state index in [1.807, 2.05) is 31.2 Å². The van der Waals surface area contributed by atoms with Crippen LogP contribution < -0.4 is 0 Å². The summed E-state index contributed by atoms with van der Waals surface area (Å²) in [5, 5.41) is 0. The van der Waals surface area contributed by atoms with Gasteiger partial charge in [0.25, 0.3) is 10.0 Å². The highest BCUT2D eigenvalue weighted by Gasteiger charge is 2.41. The van der Waals surface area contributed by atoms with Crippen molar-refractivity contribution in [3.05, 3.63) is 47.1 Å². The van der Waals surface area contributed by atoms with Crippen molar-refractivity contribution in [3.8, 4) is 0 Å². The molecule has 0 atom stereocenters. The smallest absolute Gasteiger partial charge is 0.252 e. The van der Waals surface area contributed by atoms with Gasteiger partial charge in [0.2, 0.25) is 0 Å². The lowest BCUT2D eigenvalue weighted by atomic mass is 10.1. The van der Waals surface area contributed by atoms with E-state index in [2.05, 4.69) is 10.6 Å². The number of hydrogen-bond donors (Lipinski definition) is 0. The Morgan fingerprint density at radius 1 is 1.12 bits per heavy atom. The van der Waals surface area contributed by atoms with Gasteiger partial charge >= 0.3 is 0 Å². The summed E-state index contributed by atoms with van der Waals surface area (Å²) in [6.45, 7) is 2.99. The van der Waals surface area contributed by atoms with Crippen molar-refractivity contribution in [1.82, 2.24) is 13.9 Å². The number of nitrogens with zero attached hydrogens (tertiary/aromatic N) is 3. The lowest BCUT2D eigenvalue weighted by Crippen LogP contribution is -2.50. The molecule has 5 nitrogen and oxygen atoms in total. The Bertz CT molecular complexity index is 1060. The third-order valence-corrected chi connectivity index (χ3v) is 8.37. The largest absolute Gasteiger partial charge is 0.322 e. The first-order valence-electron chi connectivity index (χ1n) is 8.57. The first-order chi connectivity index (χ1) is 12.0. The number of fused-ring (bicyclic) bond motifs is 1. The maximum atomic E-state index is 12.7. The lowest BCUT2D eigenvalue weighted by Gasteiger charge is -2.39. The monoisotopic (exact) mass is 373 g/mol. The summed E-state index contributed by atoms with van der Waals surface area (Å²) in [4.78, 5) is 5.84. The van der Waals surface area contributed by atoms with Crippen LogP contribution >= 0.6 is 11.3 Å². The molecule has 0 radical (unpaired) electrons. The molecule has 0 amide bonds. The number of hydrogen-bond acceptors (Lipinski definition) is 4. The van der Waals surface area contributed by atoms with Crippen molar-refractivity contribution in [1.29, 1.82) is 0 Å². The predicted molar refractivity (Wildman–Crippen MR) is 98.6 cm³/mol. The molecule has 1 saturated carbocycles. The molecule has 2 aromatic heterocycles. The van der Waals surface area contributed by atoms with Crippen LogP contribution in [-0.2, 0) is 10.0 Å². The molecule has 2 aliphatic rings. The molecule has 1 aliphatic carbocycles. The minimum absolute atomic E-state index is 0.179. The Hall–Kier alpha value is -1.70. The van der Waals surface area contributed by atoms with Gasteiger partial charge in [-0.3, -0.25) is 0 Å². The standard InChI is InChI=1S/C18H19N3O2S2/c1-12-6-9-17(24-12)25(22,23)20-10-14(11-20)21-16-5-3-2-4-15(16)19-18(21)13-7-8-13/h2-6,9,13-14H,7-8,10-11H2,1H3. The molecule has 130 valence electrons. The molecule has 3 heterocycles. The van der Waals surface area contributed by atoms with E-state index < -0.39 is 10.0 Å². The molecule has 0 bridgehead atoms. The Morgan fingerprint density at radius 3 is 2.56 bits per heavy atom. The highest BCUT2D eigenvalue weighted by molar-refractivity contribution is 7.91. The molecule has 25 heavy (non-hydrogen) atoms. The molecule has 0 spiro atoms. The fourth-order valence-corrected chi connectivity index (χ4v) is 6.48. The molecule has 5 rings (SSSR count). The number of thiophene rings is 1. The van der Waals surface area contributed by atoms with Gasteiger partial charge in [-0.05, 0) is 44.0 Å². The highest BCUT2D eigenvalue weighted by Crippen LogP contribution is 2.43. The number of imidazole rings is 1. The summed E-state index contributed by atoms with van der Waals surface area (Å²) in [6, 6.07) is 11.9. The number of benzene rings is 1. The Kier molecular flexibility index (Phi) is 3.36. The van der Waals surface area contributed by atoms with E-state index in [0.29, 0.717) is 23.2 Å². The summed E-state index contributed by atoms with van der Waals surface area (Å²) < 4.78 is 29.8. The zero-order valence-corrected chi connectivity index (χ0v) is 15.6. The van der Waals surface area contributed by atoms with Crippen molar-refractivity contribution < 1.29 is 8.42 Å². The summed E-state index contributed by atoms with van der Waals surface area (Å²) in [5.41, 5.74) is 2.14. The van der Waals surface area contributed by atoms with Gasteiger partial charge in [-0.25, -0.2) is 13.4 Å². The quantitative estimate of drug-likeness (QED) is 0.703. The fraction of sp³-hybridized carbons (Fsp3) is 0.389. The lowest BCUT2D eigenvalue weighted by molar-refractivity contribution is 0.205. The second-order valence-corrected chi connectivity index (χ2v) is 10.4. The number of para-hydroxylation sites is 2. The maximum absolute atomic E-state index is 12.7. The maximum Gasteiger partial charge on any atom is 0.252 e. The second-order valence-electron chi connectivity index (χ2n) is 6.94. The molecule has 1 saturated heterocycles. The Morgan fingerprint density at radius 2 is 1.88 bits per heavy atom. The average molecular weight is 374 g/mol. The van der Waals surface area contributed by atoms with Gasteiger partial charge in [-0.1, -0.05) is 12.1 Å². The summed E-state index contributed by atoms with van der Waals surface area (Å²) >= 11 is 1.34. The molecular weight excluding hydrogens is 354 g/mol. The third kappa shape index (κ3) is 2.45. The van der Waals surface area contributed by atoms with Crippen molar-refractivity contribution in [2.24, 2.45) is 0 Å². The summed E-state index contributed by atoms with van der Waals surface area (Å²) in [7, 11) is -3.36. The minimum Gasteiger partial charge on any atom is -0.322 e. The van der Waals surface area contributed by atoms with E-state index in [1.54, 1.807) is 10.4 Å².